The highest BCUT2D eigenvalue weighted by atomic mass is 19.4. The molecule has 8 heteroatoms. The summed E-state index contributed by atoms with van der Waals surface area (Å²) in [5.41, 5.74) is 3.09. The van der Waals surface area contributed by atoms with Gasteiger partial charge in [0.15, 0.2) is 0 Å². The Hall–Kier alpha value is -1.31. The van der Waals surface area contributed by atoms with E-state index < -0.39 is 23.6 Å². The molecule has 0 aromatic heterocycles. The summed E-state index contributed by atoms with van der Waals surface area (Å²) in [7, 11) is 0. The lowest BCUT2D eigenvalue weighted by Crippen LogP contribution is -2.55. The maximum atomic E-state index is 12.0. The molecule has 0 saturated carbocycles. The van der Waals surface area contributed by atoms with Crippen molar-refractivity contribution in [1.29, 1.82) is 0 Å². The maximum Gasteiger partial charge on any atom is 0.471 e. The second-order valence-electron chi connectivity index (χ2n) is 3.69. The predicted molar refractivity (Wildman–Crippen MR) is 46.0 cm³/mol. The van der Waals surface area contributed by atoms with Crippen LogP contribution >= 0.6 is 0 Å². The molecule has 0 spiro atoms. The Balaban J connectivity index is 2.63. The molecule has 0 unspecified atom stereocenters. The lowest BCUT2D eigenvalue weighted by molar-refractivity contribution is -0.189. The molecule has 1 fully saturated rings. The normalized spacial score (nSPS) is 20.6. The zero-order chi connectivity index (χ0) is 12.6. The van der Waals surface area contributed by atoms with Gasteiger partial charge < -0.3 is 15.7 Å². The molecule has 0 radical (unpaired) electrons. The first-order valence-electron chi connectivity index (χ1n) is 4.55. The Bertz CT molecular complexity index is 308. The number of nitrogens with zero attached hydrogens (tertiary/aromatic N) is 1. The topological polar surface area (TPSA) is 83.6 Å². The van der Waals surface area contributed by atoms with Crippen molar-refractivity contribution < 1.29 is 27.9 Å². The number of carbonyl (C=O) groups excluding carboxylic acids is 2. The predicted octanol–water partition coefficient (Wildman–Crippen LogP) is -0.613. The van der Waals surface area contributed by atoms with Gasteiger partial charge in [0.25, 0.3) is 0 Å². The van der Waals surface area contributed by atoms with Crippen LogP contribution in [0.2, 0.25) is 0 Å². The van der Waals surface area contributed by atoms with Gasteiger partial charge in [-0.1, -0.05) is 0 Å². The summed E-state index contributed by atoms with van der Waals surface area (Å²) in [5, 5.41) is 9.56. The van der Waals surface area contributed by atoms with Crippen molar-refractivity contribution in [3.63, 3.8) is 0 Å². The molecule has 3 N–H and O–H groups in total. The van der Waals surface area contributed by atoms with Crippen LogP contribution in [0.25, 0.3) is 0 Å². The van der Waals surface area contributed by atoms with Crippen LogP contribution in [0, 0.1) is 0 Å². The molecule has 2 amide bonds. The van der Waals surface area contributed by atoms with E-state index in [-0.39, 0.29) is 25.9 Å². The van der Waals surface area contributed by atoms with Crippen LogP contribution in [-0.2, 0) is 9.59 Å². The molecule has 16 heavy (non-hydrogen) atoms. The largest absolute Gasteiger partial charge is 0.471 e. The van der Waals surface area contributed by atoms with E-state index >= 15 is 0 Å². The number of carbonyl (C=O) groups is 2. The monoisotopic (exact) mass is 240 g/mol. The smallest absolute Gasteiger partial charge is 0.380 e. The van der Waals surface area contributed by atoms with Gasteiger partial charge in [-0.2, -0.15) is 13.2 Å². The Kier molecular flexibility index (Phi) is 3.13. The minimum Gasteiger partial charge on any atom is -0.380 e. The number of likely N-dealkylation sites (tertiary alicyclic amines) is 1. The molecule has 1 rings (SSSR count). The van der Waals surface area contributed by atoms with E-state index in [1.165, 1.54) is 0 Å². The van der Waals surface area contributed by atoms with Crippen molar-refractivity contribution in [1.82, 2.24) is 4.90 Å². The van der Waals surface area contributed by atoms with Crippen LogP contribution in [0.15, 0.2) is 0 Å². The fraction of sp³-hybridized carbons (Fsp3) is 0.750. The van der Waals surface area contributed by atoms with Crippen molar-refractivity contribution >= 4 is 11.8 Å². The molecule has 0 atom stereocenters. The number of hydrogen-bond acceptors (Lipinski definition) is 3. The zero-order valence-corrected chi connectivity index (χ0v) is 8.25. The van der Waals surface area contributed by atoms with Crippen molar-refractivity contribution in [3.8, 4) is 0 Å². The standard InChI is InChI=1S/C8H11F3N2O3/c9-8(10,11)6(15)13-3-1-7(16,2-4-13)5(12)14/h16H,1-4H2,(H2,12,14). The number of hydrogen-bond donors (Lipinski definition) is 2. The highest BCUT2D eigenvalue weighted by Gasteiger charge is 2.46. The van der Waals surface area contributed by atoms with Crippen molar-refractivity contribution in [2.45, 2.75) is 24.6 Å². The van der Waals surface area contributed by atoms with Crippen LogP contribution < -0.4 is 5.73 Å². The first-order valence-corrected chi connectivity index (χ1v) is 4.55. The van der Waals surface area contributed by atoms with Gasteiger partial charge in [0.1, 0.15) is 5.60 Å². The molecule has 0 aromatic rings. The van der Waals surface area contributed by atoms with Gasteiger partial charge in [-0.3, -0.25) is 9.59 Å². The van der Waals surface area contributed by atoms with Gasteiger partial charge in [-0.15, -0.1) is 0 Å². The average molecular weight is 240 g/mol. The molecule has 0 bridgehead atoms. The highest BCUT2D eigenvalue weighted by Crippen LogP contribution is 2.26. The number of primary amides is 1. The molecule has 1 saturated heterocycles. The van der Waals surface area contributed by atoms with E-state index in [2.05, 4.69) is 0 Å². The molecule has 1 heterocycles. The lowest BCUT2D eigenvalue weighted by Gasteiger charge is -2.36. The number of halogens is 3. The number of amides is 2. The molecule has 5 nitrogen and oxygen atoms in total. The first kappa shape index (κ1) is 12.8. The summed E-state index contributed by atoms with van der Waals surface area (Å²) in [5.74, 6) is -2.94. The van der Waals surface area contributed by atoms with Crippen molar-refractivity contribution in [2.75, 3.05) is 13.1 Å². The lowest BCUT2D eigenvalue weighted by atomic mass is 9.91. The fourth-order valence-corrected chi connectivity index (χ4v) is 1.51. The summed E-state index contributed by atoms with van der Waals surface area (Å²) < 4.78 is 36.1. The summed E-state index contributed by atoms with van der Waals surface area (Å²) in [6.45, 7) is -0.671. The second-order valence-corrected chi connectivity index (χ2v) is 3.69. The quantitative estimate of drug-likeness (QED) is 0.641. The minimum absolute atomic E-state index is 0.274. The van der Waals surface area contributed by atoms with Crippen LogP contribution in [0.5, 0.6) is 0 Å². The van der Waals surface area contributed by atoms with Crippen molar-refractivity contribution in [2.24, 2.45) is 5.73 Å². The number of aliphatic hydroxyl groups is 1. The van der Waals surface area contributed by atoms with Gasteiger partial charge in [0, 0.05) is 25.9 Å². The van der Waals surface area contributed by atoms with Crippen LogP contribution in [0.4, 0.5) is 13.2 Å². The SMILES string of the molecule is NC(=O)C1(O)CCN(C(=O)C(F)(F)F)CC1. The van der Waals surface area contributed by atoms with Gasteiger partial charge in [-0.25, -0.2) is 0 Å². The van der Waals surface area contributed by atoms with Crippen LogP contribution in [0.3, 0.4) is 0 Å². The molecular weight excluding hydrogens is 229 g/mol. The summed E-state index contributed by atoms with van der Waals surface area (Å²) in [4.78, 5) is 22.2. The fourth-order valence-electron chi connectivity index (χ4n) is 1.51. The van der Waals surface area contributed by atoms with E-state index in [4.69, 9.17) is 5.73 Å². The average Bonchev–Trinajstić information content (AvgIpc) is 2.16. The summed E-state index contributed by atoms with van der Waals surface area (Å²) >= 11 is 0. The van der Waals surface area contributed by atoms with Crippen LogP contribution in [0.1, 0.15) is 12.8 Å². The third kappa shape index (κ3) is 2.43. The zero-order valence-electron chi connectivity index (χ0n) is 8.25. The molecule has 1 aliphatic heterocycles. The number of nitrogens with two attached hydrogens (primary N) is 1. The van der Waals surface area contributed by atoms with Gasteiger partial charge in [0.05, 0.1) is 0 Å². The van der Waals surface area contributed by atoms with Gasteiger partial charge in [-0.05, 0) is 0 Å². The minimum atomic E-state index is -4.93. The summed E-state index contributed by atoms with van der Waals surface area (Å²) in [6.07, 6.45) is -5.48. The van der Waals surface area contributed by atoms with Gasteiger partial charge in [0.2, 0.25) is 5.91 Å². The number of piperidine rings is 1. The number of alkyl halides is 3. The van der Waals surface area contributed by atoms with Crippen molar-refractivity contribution in [3.05, 3.63) is 0 Å². The van der Waals surface area contributed by atoms with E-state index in [1.807, 2.05) is 0 Å². The third-order valence-electron chi connectivity index (χ3n) is 2.58. The Morgan fingerprint density at radius 2 is 1.69 bits per heavy atom. The highest BCUT2D eigenvalue weighted by molar-refractivity contribution is 5.85. The second kappa shape index (κ2) is 3.93. The van der Waals surface area contributed by atoms with E-state index in [0.29, 0.717) is 4.90 Å². The molecule has 1 aliphatic rings. The third-order valence-corrected chi connectivity index (χ3v) is 2.58. The molecule has 0 aliphatic carbocycles. The Morgan fingerprint density at radius 1 is 1.25 bits per heavy atom. The van der Waals surface area contributed by atoms with E-state index in [9.17, 15) is 27.9 Å². The molecule has 0 aromatic carbocycles. The summed E-state index contributed by atoms with van der Waals surface area (Å²) in [6, 6.07) is 0. The number of rotatable bonds is 1. The maximum absolute atomic E-state index is 12.0. The van der Waals surface area contributed by atoms with Gasteiger partial charge >= 0.3 is 12.1 Å². The van der Waals surface area contributed by atoms with Crippen LogP contribution in [-0.4, -0.2) is 46.7 Å². The molecular formula is C8H11F3N2O3. The molecule has 92 valence electrons. The Morgan fingerprint density at radius 3 is 2.00 bits per heavy atom. The van der Waals surface area contributed by atoms with E-state index in [0.717, 1.165) is 0 Å². The Labute approximate surface area is 89.0 Å². The van der Waals surface area contributed by atoms with E-state index in [1.54, 1.807) is 0 Å². The first-order chi connectivity index (χ1) is 7.17.